The lowest BCUT2D eigenvalue weighted by Gasteiger charge is -2.30. The minimum absolute atomic E-state index is 0.144. The Kier molecular flexibility index (Phi) is 6.53. The highest BCUT2D eigenvalue weighted by Gasteiger charge is 2.32. The summed E-state index contributed by atoms with van der Waals surface area (Å²) in [7, 11) is 0. The summed E-state index contributed by atoms with van der Waals surface area (Å²) in [6.45, 7) is 4.49. The van der Waals surface area contributed by atoms with Gasteiger partial charge in [0.15, 0.2) is 0 Å². The Bertz CT molecular complexity index is 840. The highest BCUT2D eigenvalue weighted by Crippen LogP contribution is 2.39. The van der Waals surface area contributed by atoms with Crippen LogP contribution in [-0.4, -0.2) is 16.6 Å². The van der Waals surface area contributed by atoms with Crippen LogP contribution in [0.4, 0.5) is 24.5 Å². The first-order chi connectivity index (χ1) is 12.8. The minimum Gasteiger partial charge on any atom is -0.388 e. The van der Waals surface area contributed by atoms with Gasteiger partial charge in [-0.05, 0) is 43.7 Å². The molecular formula is C19H19Cl2F3N2O2. The fourth-order valence-corrected chi connectivity index (χ4v) is 3.21. The van der Waals surface area contributed by atoms with Gasteiger partial charge in [-0.1, -0.05) is 35.3 Å². The first-order valence-corrected chi connectivity index (χ1v) is 8.97. The van der Waals surface area contributed by atoms with Crippen molar-refractivity contribution in [2.75, 3.05) is 5.32 Å². The van der Waals surface area contributed by atoms with Crippen molar-refractivity contribution < 1.29 is 23.1 Å². The van der Waals surface area contributed by atoms with E-state index in [1.54, 1.807) is 38.1 Å². The number of carbonyl (C=O) groups is 1. The number of carbonyl (C=O) groups excluding carboxylic acids is 1. The number of nitrogens with one attached hydrogen (secondary N) is 2. The molecule has 0 saturated heterocycles. The maximum absolute atomic E-state index is 12.8. The van der Waals surface area contributed by atoms with E-state index in [0.29, 0.717) is 11.3 Å². The molecule has 1 amide bonds. The van der Waals surface area contributed by atoms with Gasteiger partial charge < -0.3 is 15.7 Å². The number of benzene rings is 2. The Morgan fingerprint density at radius 2 is 1.57 bits per heavy atom. The fraction of sp³-hybridized carbons (Fsp3) is 0.316. The molecule has 0 aliphatic heterocycles. The predicted octanol–water partition coefficient (Wildman–Crippen LogP) is 5.70. The number of amides is 1. The van der Waals surface area contributed by atoms with E-state index in [2.05, 4.69) is 10.6 Å². The van der Waals surface area contributed by atoms with Gasteiger partial charge in [0.25, 0.3) is 0 Å². The summed E-state index contributed by atoms with van der Waals surface area (Å²) >= 11 is 11.9. The highest BCUT2D eigenvalue weighted by molar-refractivity contribution is 6.39. The number of hydrogen-bond acceptors (Lipinski definition) is 3. The molecule has 2 aromatic carbocycles. The molecule has 0 heterocycles. The van der Waals surface area contributed by atoms with E-state index < -0.39 is 23.4 Å². The maximum atomic E-state index is 12.8. The summed E-state index contributed by atoms with van der Waals surface area (Å²) in [5.41, 5.74) is -0.833. The summed E-state index contributed by atoms with van der Waals surface area (Å²) in [6.07, 6.45) is -4.55. The van der Waals surface area contributed by atoms with Crippen LogP contribution in [0.3, 0.4) is 0 Å². The van der Waals surface area contributed by atoms with Gasteiger partial charge >= 0.3 is 6.18 Å². The Balaban J connectivity index is 2.29. The molecule has 0 bridgehead atoms. The third-order valence-corrected chi connectivity index (χ3v) is 4.53. The van der Waals surface area contributed by atoms with Crippen molar-refractivity contribution in [3.05, 3.63) is 57.6 Å². The second kappa shape index (κ2) is 8.19. The molecule has 0 aliphatic rings. The van der Waals surface area contributed by atoms with Crippen LogP contribution in [-0.2, 0) is 11.0 Å². The molecule has 2 rings (SSSR count). The zero-order chi connectivity index (χ0) is 21.3. The van der Waals surface area contributed by atoms with Crippen LogP contribution in [0.15, 0.2) is 36.4 Å². The van der Waals surface area contributed by atoms with Crippen LogP contribution < -0.4 is 10.6 Å². The van der Waals surface area contributed by atoms with Crippen molar-refractivity contribution in [2.24, 2.45) is 0 Å². The molecule has 2 aromatic rings. The third-order valence-electron chi connectivity index (χ3n) is 3.94. The van der Waals surface area contributed by atoms with Gasteiger partial charge in [0, 0.05) is 12.6 Å². The fourth-order valence-electron chi connectivity index (χ4n) is 2.63. The highest BCUT2D eigenvalue weighted by atomic mass is 35.5. The van der Waals surface area contributed by atoms with Crippen LogP contribution in [0.1, 0.15) is 37.9 Å². The number of aliphatic hydroxyl groups is 1. The molecular weight excluding hydrogens is 416 g/mol. The molecule has 1 atom stereocenters. The van der Waals surface area contributed by atoms with Crippen LogP contribution in [0.5, 0.6) is 0 Å². The molecule has 28 heavy (non-hydrogen) atoms. The van der Waals surface area contributed by atoms with Gasteiger partial charge in [-0.25, -0.2) is 0 Å². The van der Waals surface area contributed by atoms with E-state index in [9.17, 15) is 23.1 Å². The molecule has 0 saturated carbocycles. The third kappa shape index (κ3) is 5.53. The molecule has 152 valence electrons. The first-order valence-electron chi connectivity index (χ1n) is 8.21. The molecule has 0 spiro atoms. The van der Waals surface area contributed by atoms with Crippen molar-refractivity contribution >= 4 is 40.5 Å². The van der Waals surface area contributed by atoms with E-state index in [4.69, 9.17) is 23.2 Å². The number of anilines is 2. The van der Waals surface area contributed by atoms with Gasteiger partial charge in [-0.15, -0.1) is 0 Å². The van der Waals surface area contributed by atoms with E-state index in [1.807, 2.05) is 0 Å². The van der Waals surface area contributed by atoms with E-state index in [-0.39, 0.29) is 21.6 Å². The number of rotatable bonds is 5. The number of alkyl halides is 3. The van der Waals surface area contributed by atoms with Crippen LogP contribution in [0.2, 0.25) is 10.0 Å². The normalized spacial score (nSPS) is 13.2. The van der Waals surface area contributed by atoms with Gasteiger partial charge in [-0.2, -0.15) is 13.2 Å². The monoisotopic (exact) mass is 434 g/mol. The van der Waals surface area contributed by atoms with E-state index >= 15 is 0 Å². The van der Waals surface area contributed by atoms with Crippen molar-refractivity contribution in [1.29, 1.82) is 0 Å². The molecule has 0 aromatic heterocycles. The first kappa shape index (κ1) is 22.3. The predicted molar refractivity (Wildman–Crippen MR) is 104 cm³/mol. The average Bonchev–Trinajstić information content (AvgIpc) is 2.54. The summed E-state index contributed by atoms with van der Waals surface area (Å²) in [4.78, 5) is 11.4. The molecule has 3 N–H and O–H groups in total. The van der Waals surface area contributed by atoms with Gasteiger partial charge in [0.05, 0.1) is 32.9 Å². The Morgan fingerprint density at radius 3 is 1.96 bits per heavy atom. The van der Waals surface area contributed by atoms with E-state index in [1.165, 1.54) is 6.92 Å². The molecule has 4 nitrogen and oxygen atoms in total. The van der Waals surface area contributed by atoms with Crippen LogP contribution in [0.25, 0.3) is 0 Å². The number of hydrogen-bond donors (Lipinski definition) is 3. The number of halogens is 5. The van der Waals surface area contributed by atoms with Crippen molar-refractivity contribution in [3.8, 4) is 0 Å². The van der Waals surface area contributed by atoms with Gasteiger partial charge in [0.1, 0.15) is 0 Å². The Labute approximate surface area is 170 Å². The lowest BCUT2D eigenvalue weighted by atomic mass is 9.91. The van der Waals surface area contributed by atoms with Crippen molar-refractivity contribution in [2.45, 2.75) is 38.6 Å². The molecule has 9 heteroatoms. The summed E-state index contributed by atoms with van der Waals surface area (Å²) in [6, 6.07) is 7.58. The average molecular weight is 435 g/mol. The summed E-state index contributed by atoms with van der Waals surface area (Å²) < 4.78 is 38.5. The lowest BCUT2D eigenvalue weighted by molar-refractivity contribution is -0.137. The largest absolute Gasteiger partial charge is 0.416 e. The summed E-state index contributed by atoms with van der Waals surface area (Å²) in [5, 5.41) is 15.5. The standard InChI is InChI=1S/C19H19Cl2F3N2O2/c1-10(27)25-17(18(2,3)28)11-4-6-13(7-5-11)26-16-14(20)8-12(9-15(16)21)19(22,23)24/h4-9,17,26,28H,1-3H3,(H,25,27). The molecule has 0 fully saturated rings. The van der Waals surface area contributed by atoms with Gasteiger partial charge in [0.2, 0.25) is 5.91 Å². The van der Waals surface area contributed by atoms with E-state index in [0.717, 1.165) is 12.1 Å². The van der Waals surface area contributed by atoms with Crippen LogP contribution in [0, 0.1) is 0 Å². The maximum Gasteiger partial charge on any atom is 0.416 e. The SMILES string of the molecule is CC(=O)NC(c1ccc(Nc2c(Cl)cc(C(F)(F)F)cc2Cl)cc1)C(C)(C)O. The van der Waals surface area contributed by atoms with Crippen molar-refractivity contribution in [3.63, 3.8) is 0 Å². The van der Waals surface area contributed by atoms with Crippen LogP contribution >= 0.6 is 23.2 Å². The topological polar surface area (TPSA) is 61.4 Å². The second-order valence-corrected chi connectivity index (χ2v) is 7.66. The quantitative estimate of drug-likeness (QED) is 0.565. The minimum atomic E-state index is -4.55. The lowest BCUT2D eigenvalue weighted by Crippen LogP contribution is -2.41. The van der Waals surface area contributed by atoms with Crippen molar-refractivity contribution in [1.82, 2.24) is 5.32 Å². The zero-order valence-corrected chi connectivity index (χ0v) is 16.8. The Morgan fingerprint density at radius 1 is 1.07 bits per heavy atom. The summed E-state index contributed by atoms with van der Waals surface area (Å²) in [5.74, 6) is -0.294. The van der Waals surface area contributed by atoms with Gasteiger partial charge in [-0.3, -0.25) is 4.79 Å². The smallest absolute Gasteiger partial charge is 0.388 e. The Hall–Kier alpha value is -1.96. The second-order valence-electron chi connectivity index (χ2n) is 6.85. The molecule has 0 radical (unpaired) electrons. The zero-order valence-electron chi connectivity index (χ0n) is 15.3. The molecule has 0 aliphatic carbocycles. The molecule has 1 unspecified atom stereocenters.